The monoisotopic (exact) mass is 530 g/mol. The lowest BCUT2D eigenvalue weighted by molar-refractivity contribution is -0.140. The van der Waals surface area contributed by atoms with Crippen LogP contribution in [0.25, 0.3) is 0 Å². The summed E-state index contributed by atoms with van der Waals surface area (Å²) in [5.41, 5.74) is 6.29. The second kappa shape index (κ2) is 14.6. The van der Waals surface area contributed by atoms with E-state index in [1.54, 1.807) is 29.2 Å². The van der Waals surface area contributed by atoms with Crippen LogP contribution in [0, 0.1) is 11.3 Å². The molecule has 11 nitrogen and oxygen atoms in total. The van der Waals surface area contributed by atoms with Crippen molar-refractivity contribution in [2.75, 3.05) is 26.7 Å². The highest BCUT2D eigenvalue weighted by Gasteiger charge is 2.30. The van der Waals surface area contributed by atoms with E-state index in [2.05, 4.69) is 16.0 Å². The molecule has 0 radical (unpaired) electrons. The molecule has 1 heterocycles. The number of benzene rings is 1. The lowest BCUT2D eigenvalue weighted by Crippen LogP contribution is -2.57. The largest absolute Gasteiger partial charge is 0.508 e. The Morgan fingerprint density at radius 1 is 1.11 bits per heavy atom. The highest BCUT2D eigenvalue weighted by molar-refractivity contribution is 5.90. The SMILES string of the molecule is COC(=O)CNC(CC1CCCCC1)C(=O)N[C@H](Cc1cccc(O)c1)C(=O)NC1CCN(C(=N)N)CC1. The predicted octanol–water partition coefficient (Wildman–Crippen LogP) is 0.995. The minimum Gasteiger partial charge on any atom is -0.508 e. The first kappa shape index (κ1) is 29.2. The van der Waals surface area contributed by atoms with E-state index in [1.165, 1.54) is 13.5 Å². The minimum atomic E-state index is -0.871. The maximum atomic E-state index is 13.5. The average Bonchev–Trinajstić information content (AvgIpc) is 2.91. The fraction of sp³-hybridized carbons (Fsp3) is 0.630. The van der Waals surface area contributed by atoms with Crippen LogP contribution in [-0.2, 0) is 25.5 Å². The number of esters is 1. The number of hydrogen-bond donors (Lipinski definition) is 6. The summed E-state index contributed by atoms with van der Waals surface area (Å²) in [6.45, 7) is 1.05. The molecule has 1 saturated carbocycles. The minimum absolute atomic E-state index is 0.0206. The van der Waals surface area contributed by atoms with Crippen LogP contribution < -0.4 is 21.7 Å². The van der Waals surface area contributed by atoms with Gasteiger partial charge < -0.3 is 31.1 Å². The van der Waals surface area contributed by atoms with Crippen molar-refractivity contribution in [1.82, 2.24) is 20.9 Å². The van der Waals surface area contributed by atoms with E-state index in [-0.39, 0.29) is 42.5 Å². The summed E-state index contributed by atoms with van der Waals surface area (Å²) in [4.78, 5) is 40.5. The molecule has 7 N–H and O–H groups in total. The smallest absolute Gasteiger partial charge is 0.319 e. The van der Waals surface area contributed by atoms with Crippen LogP contribution in [0.3, 0.4) is 0 Å². The topological polar surface area (TPSA) is 170 Å². The van der Waals surface area contributed by atoms with E-state index in [0.717, 1.165) is 25.7 Å². The van der Waals surface area contributed by atoms with Crippen molar-refractivity contribution in [3.8, 4) is 5.75 Å². The molecule has 38 heavy (non-hydrogen) atoms. The number of nitrogens with zero attached hydrogens (tertiary/aromatic N) is 1. The Labute approximate surface area is 224 Å². The van der Waals surface area contributed by atoms with E-state index >= 15 is 0 Å². The number of likely N-dealkylation sites (tertiary alicyclic amines) is 1. The van der Waals surface area contributed by atoms with Crippen LogP contribution in [-0.4, -0.2) is 78.6 Å². The molecule has 1 aliphatic heterocycles. The molecule has 1 aromatic carbocycles. The van der Waals surface area contributed by atoms with Crippen molar-refractivity contribution in [3.05, 3.63) is 29.8 Å². The highest BCUT2D eigenvalue weighted by Crippen LogP contribution is 2.27. The third-order valence-electron chi connectivity index (χ3n) is 7.50. The maximum absolute atomic E-state index is 13.5. The van der Waals surface area contributed by atoms with Crippen molar-refractivity contribution < 1.29 is 24.2 Å². The Balaban J connectivity index is 1.71. The summed E-state index contributed by atoms with van der Waals surface area (Å²) in [6, 6.07) is 5.01. The van der Waals surface area contributed by atoms with Crippen molar-refractivity contribution in [1.29, 1.82) is 5.41 Å². The molecule has 1 aromatic rings. The van der Waals surface area contributed by atoms with Gasteiger partial charge >= 0.3 is 5.97 Å². The Morgan fingerprint density at radius 2 is 1.82 bits per heavy atom. The Hall–Kier alpha value is -3.34. The third kappa shape index (κ3) is 9.20. The number of phenolic OH excluding ortho intramolecular Hbond substituents is 1. The van der Waals surface area contributed by atoms with Gasteiger partial charge in [0.1, 0.15) is 11.8 Å². The second-order valence-corrected chi connectivity index (χ2v) is 10.3. The number of carbonyl (C=O) groups excluding carboxylic acids is 3. The summed E-state index contributed by atoms with van der Waals surface area (Å²) in [6.07, 6.45) is 7.58. The molecular formula is C27H42N6O5. The van der Waals surface area contributed by atoms with Crippen molar-refractivity contribution in [3.63, 3.8) is 0 Å². The lowest BCUT2D eigenvalue weighted by atomic mass is 9.84. The summed E-state index contributed by atoms with van der Waals surface area (Å²) in [5, 5.41) is 26.5. The lowest BCUT2D eigenvalue weighted by Gasteiger charge is -2.33. The summed E-state index contributed by atoms with van der Waals surface area (Å²) in [5.74, 6) is -0.642. The maximum Gasteiger partial charge on any atom is 0.319 e. The summed E-state index contributed by atoms with van der Waals surface area (Å²) >= 11 is 0. The number of methoxy groups -OCH3 is 1. The molecule has 210 valence electrons. The number of nitrogens with one attached hydrogen (secondary N) is 4. The number of aromatic hydroxyl groups is 1. The van der Waals surface area contributed by atoms with Gasteiger partial charge in [0.25, 0.3) is 0 Å². The molecule has 0 spiro atoms. The first-order valence-corrected chi connectivity index (χ1v) is 13.5. The van der Waals surface area contributed by atoms with E-state index in [4.69, 9.17) is 15.9 Å². The van der Waals surface area contributed by atoms with Gasteiger partial charge in [-0.15, -0.1) is 0 Å². The van der Waals surface area contributed by atoms with Gasteiger partial charge in [-0.3, -0.25) is 25.1 Å². The van der Waals surface area contributed by atoms with Crippen LogP contribution in [0.15, 0.2) is 24.3 Å². The molecule has 0 bridgehead atoms. The van der Waals surface area contributed by atoms with Gasteiger partial charge in [0, 0.05) is 25.6 Å². The quantitative estimate of drug-likeness (QED) is 0.140. The molecular weight excluding hydrogens is 488 g/mol. The van der Waals surface area contributed by atoms with E-state index in [1.807, 2.05) is 0 Å². The number of guanidine groups is 1. The zero-order valence-electron chi connectivity index (χ0n) is 22.2. The molecule has 0 aromatic heterocycles. The van der Waals surface area contributed by atoms with Gasteiger partial charge in [-0.05, 0) is 42.9 Å². The number of piperidine rings is 1. The zero-order valence-corrected chi connectivity index (χ0v) is 22.2. The van der Waals surface area contributed by atoms with Crippen LogP contribution in [0.5, 0.6) is 5.75 Å². The van der Waals surface area contributed by atoms with Crippen LogP contribution in [0.4, 0.5) is 0 Å². The molecule has 2 aliphatic rings. The number of amides is 2. The fourth-order valence-electron chi connectivity index (χ4n) is 5.29. The summed E-state index contributed by atoms with van der Waals surface area (Å²) in [7, 11) is 1.30. The molecule has 2 atom stereocenters. The number of rotatable bonds is 11. The van der Waals surface area contributed by atoms with Crippen molar-refractivity contribution in [2.45, 2.75) is 75.9 Å². The Bertz CT molecular complexity index is 959. The molecule has 2 amide bonds. The number of phenols is 1. The van der Waals surface area contributed by atoms with Crippen LogP contribution in [0.1, 0.15) is 56.9 Å². The summed E-state index contributed by atoms with van der Waals surface area (Å²) < 4.78 is 4.74. The van der Waals surface area contributed by atoms with Gasteiger partial charge in [-0.1, -0.05) is 44.2 Å². The van der Waals surface area contributed by atoms with Crippen LogP contribution in [0.2, 0.25) is 0 Å². The molecule has 1 unspecified atom stereocenters. The van der Waals surface area contributed by atoms with Gasteiger partial charge in [-0.25, -0.2) is 0 Å². The molecule has 11 heteroatoms. The molecule has 3 rings (SSSR count). The standard InChI is InChI=1S/C27H42N6O5/c1-38-24(35)17-30-22(15-18-6-3-2-4-7-18)25(36)32-23(16-19-8-5-9-21(34)14-19)26(37)31-20-10-12-33(13-11-20)27(28)29/h5,8-9,14,18,20,22-23,30,34H,2-4,6-7,10-13,15-17H2,1H3,(H3,28,29)(H,31,37)(H,32,36)/t22?,23-/m1/s1. The third-order valence-corrected chi connectivity index (χ3v) is 7.50. The number of ether oxygens (including phenoxy) is 1. The van der Waals surface area contributed by atoms with Crippen molar-refractivity contribution >= 4 is 23.7 Å². The molecule has 1 saturated heterocycles. The van der Waals surface area contributed by atoms with Gasteiger partial charge in [0.2, 0.25) is 11.8 Å². The normalized spacial score (nSPS) is 18.3. The Kier molecular flexibility index (Phi) is 11.2. The number of hydrogen-bond acceptors (Lipinski definition) is 7. The fourth-order valence-corrected chi connectivity index (χ4v) is 5.29. The molecule has 1 aliphatic carbocycles. The first-order valence-electron chi connectivity index (χ1n) is 13.5. The van der Waals surface area contributed by atoms with E-state index < -0.39 is 18.1 Å². The second-order valence-electron chi connectivity index (χ2n) is 10.3. The number of nitrogens with two attached hydrogens (primary N) is 1. The number of carbonyl (C=O) groups is 3. The highest BCUT2D eigenvalue weighted by atomic mass is 16.5. The van der Waals surface area contributed by atoms with E-state index in [0.29, 0.717) is 43.8 Å². The predicted molar refractivity (Wildman–Crippen MR) is 143 cm³/mol. The first-order chi connectivity index (χ1) is 18.2. The van der Waals surface area contributed by atoms with E-state index in [9.17, 15) is 19.5 Å². The van der Waals surface area contributed by atoms with Gasteiger partial charge in [0.05, 0.1) is 19.7 Å². The van der Waals surface area contributed by atoms with Gasteiger partial charge in [0.15, 0.2) is 5.96 Å². The zero-order chi connectivity index (χ0) is 27.5. The van der Waals surface area contributed by atoms with Crippen molar-refractivity contribution in [2.24, 2.45) is 11.7 Å². The van der Waals surface area contributed by atoms with Crippen LogP contribution >= 0.6 is 0 Å². The molecule has 2 fully saturated rings. The Morgan fingerprint density at radius 3 is 2.45 bits per heavy atom. The van der Waals surface area contributed by atoms with Gasteiger partial charge in [-0.2, -0.15) is 0 Å². The average molecular weight is 531 g/mol.